The molecule has 2 saturated heterocycles. The molecule has 2 atom stereocenters. The van der Waals surface area contributed by atoms with Crippen molar-refractivity contribution in [2.45, 2.75) is 37.8 Å². The van der Waals surface area contributed by atoms with Crippen molar-refractivity contribution in [1.29, 1.82) is 0 Å². The fourth-order valence-electron chi connectivity index (χ4n) is 4.95. The summed E-state index contributed by atoms with van der Waals surface area (Å²) in [5, 5.41) is 9.62. The van der Waals surface area contributed by atoms with Crippen LogP contribution >= 0.6 is 22.7 Å². The molecule has 0 amide bonds. The summed E-state index contributed by atoms with van der Waals surface area (Å²) in [6.45, 7) is 2.17. The van der Waals surface area contributed by atoms with Crippen molar-refractivity contribution in [2.75, 3.05) is 13.1 Å². The molecule has 5 aromatic rings. The van der Waals surface area contributed by atoms with Crippen LogP contribution in [-0.2, 0) is 0 Å². The molecule has 7 rings (SSSR count). The Balaban J connectivity index is 0.000000902. The standard InChI is InChI=1S/C24H24N6S2.4H2/c1-3-15(25-5-1)23-27-11-17(29-23)21-9-13-7-20-14(8-19(13)31-21)10-22(32-20)18-12-28-24(30-18)16-4-2-6-26-16;;;;/h7-12,15-16,25-26H,1-6H2,(H,27,29)(H,28,30);4*1H/t15-,16-;;;;/m0..../s1. The molecule has 0 spiro atoms. The predicted molar refractivity (Wildman–Crippen MR) is 141 cm³/mol. The third-order valence-electron chi connectivity index (χ3n) is 6.66. The van der Waals surface area contributed by atoms with Crippen molar-refractivity contribution >= 4 is 42.8 Å². The second-order valence-corrected chi connectivity index (χ2v) is 11.0. The van der Waals surface area contributed by atoms with Crippen LogP contribution < -0.4 is 10.6 Å². The summed E-state index contributed by atoms with van der Waals surface area (Å²) < 4.78 is 2.62. The van der Waals surface area contributed by atoms with Crippen LogP contribution in [0.3, 0.4) is 0 Å². The van der Waals surface area contributed by atoms with E-state index < -0.39 is 0 Å². The number of rotatable bonds is 4. The molecule has 2 fully saturated rings. The normalized spacial score (nSPS) is 21.4. The highest BCUT2D eigenvalue weighted by atomic mass is 32.1. The van der Waals surface area contributed by atoms with Gasteiger partial charge in [-0.05, 0) is 73.8 Å². The molecule has 1 aromatic carbocycles. The number of hydrogen-bond acceptors (Lipinski definition) is 6. The van der Waals surface area contributed by atoms with Gasteiger partial charge in [-0.15, -0.1) is 22.7 Å². The summed E-state index contributed by atoms with van der Waals surface area (Å²) in [6.07, 6.45) is 8.73. The molecule has 4 aromatic heterocycles. The molecular weight excluding hydrogens is 436 g/mol. The van der Waals surface area contributed by atoms with Gasteiger partial charge < -0.3 is 20.6 Å². The number of nitrogens with one attached hydrogen (secondary N) is 4. The fourth-order valence-corrected chi connectivity index (χ4v) is 7.07. The Morgan fingerprint density at radius 3 is 1.66 bits per heavy atom. The SMILES string of the molecule is [HH].[HH].[HH].[HH].c1nc([C@@H]2CCCN2)[nH]c1-c1cc2cc3sc(-c4cnc([C@@H]5CCCN5)[nH]4)cc3cc2s1. The zero-order valence-corrected chi connectivity index (χ0v) is 19.2. The van der Waals surface area contributed by atoms with Gasteiger partial charge in [0.15, 0.2) is 0 Å². The lowest BCUT2D eigenvalue weighted by Gasteiger charge is -2.04. The average molecular weight is 469 g/mol. The average Bonchev–Trinajstić information content (AvgIpc) is 3.65. The third kappa shape index (κ3) is 3.21. The van der Waals surface area contributed by atoms with Crippen LogP contribution in [0, 0.1) is 0 Å². The van der Waals surface area contributed by atoms with E-state index in [4.69, 9.17) is 0 Å². The summed E-state index contributed by atoms with van der Waals surface area (Å²) in [6, 6.07) is 9.97. The number of nitrogens with zero attached hydrogens (tertiary/aromatic N) is 2. The van der Waals surface area contributed by atoms with Crippen molar-refractivity contribution in [3.05, 3.63) is 48.3 Å². The minimum absolute atomic E-state index is 0. The molecule has 0 radical (unpaired) electrons. The quantitative estimate of drug-likeness (QED) is 0.236. The summed E-state index contributed by atoms with van der Waals surface area (Å²) in [4.78, 5) is 18.9. The first-order valence-electron chi connectivity index (χ1n) is 11.3. The highest BCUT2D eigenvalue weighted by Crippen LogP contribution is 2.40. The van der Waals surface area contributed by atoms with Crippen molar-refractivity contribution in [1.82, 2.24) is 30.6 Å². The van der Waals surface area contributed by atoms with Gasteiger partial charge in [0.2, 0.25) is 0 Å². The summed E-state index contributed by atoms with van der Waals surface area (Å²) >= 11 is 3.66. The first-order valence-corrected chi connectivity index (χ1v) is 13.0. The maximum Gasteiger partial charge on any atom is 0.123 e. The van der Waals surface area contributed by atoms with Gasteiger partial charge in [0.25, 0.3) is 0 Å². The van der Waals surface area contributed by atoms with E-state index in [9.17, 15) is 0 Å². The Hall–Kier alpha value is -2.52. The van der Waals surface area contributed by atoms with Gasteiger partial charge in [-0.1, -0.05) is 0 Å². The van der Waals surface area contributed by atoms with Crippen LogP contribution in [0.25, 0.3) is 41.3 Å². The van der Waals surface area contributed by atoms with E-state index in [-0.39, 0.29) is 5.71 Å². The fraction of sp³-hybridized carbons (Fsp3) is 0.333. The Labute approximate surface area is 199 Å². The molecule has 2 aliphatic rings. The number of aromatic amines is 2. The molecule has 2 aliphatic heterocycles. The Bertz CT molecular complexity index is 1270. The summed E-state index contributed by atoms with van der Waals surface area (Å²) in [7, 11) is 0. The van der Waals surface area contributed by atoms with Crippen molar-refractivity contribution in [3.63, 3.8) is 0 Å². The zero-order chi connectivity index (χ0) is 21.1. The van der Waals surface area contributed by atoms with Gasteiger partial charge in [0, 0.05) is 15.1 Å². The number of aromatic nitrogens is 4. The predicted octanol–water partition coefficient (Wildman–Crippen LogP) is 6.73. The number of thiophene rings is 2. The van der Waals surface area contributed by atoms with Crippen LogP contribution in [0.4, 0.5) is 0 Å². The van der Waals surface area contributed by atoms with E-state index in [0.29, 0.717) is 12.1 Å². The van der Waals surface area contributed by atoms with Gasteiger partial charge in [0.05, 0.1) is 45.6 Å². The van der Waals surface area contributed by atoms with Gasteiger partial charge >= 0.3 is 0 Å². The summed E-state index contributed by atoms with van der Waals surface area (Å²) in [5.41, 5.74) is 2.23. The van der Waals surface area contributed by atoms with Crippen molar-refractivity contribution in [2.24, 2.45) is 0 Å². The molecule has 6 nitrogen and oxygen atoms in total. The Morgan fingerprint density at radius 2 is 1.22 bits per heavy atom. The van der Waals surface area contributed by atoms with E-state index in [1.807, 2.05) is 35.1 Å². The van der Waals surface area contributed by atoms with Gasteiger partial charge in [-0.25, -0.2) is 9.97 Å². The minimum Gasteiger partial charge on any atom is -0.340 e. The third-order valence-corrected chi connectivity index (χ3v) is 8.92. The number of hydrogen-bond donors (Lipinski definition) is 4. The first-order chi connectivity index (χ1) is 15.8. The largest absolute Gasteiger partial charge is 0.340 e. The Morgan fingerprint density at radius 1 is 0.719 bits per heavy atom. The molecule has 0 bridgehead atoms. The van der Waals surface area contributed by atoms with E-state index in [2.05, 4.69) is 54.8 Å². The monoisotopic (exact) mass is 468 g/mol. The minimum atomic E-state index is 0. The number of H-pyrrole nitrogens is 2. The molecule has 4 N–H and O–H groups in total. The van der Waals surface area contributed by atoms with E-state index in [0.717, 1.165) is 49.0 Å². The van der Waals surface area contributed by atoms with Gasteiger partial charge in [-0.3, -0.25) is 0 Å². The second kappa shape index (κ2) is 7.52. The first kappa shape index (κ1) is 19.0. The highest BCUT2D eigenvalue weighted by molar-refractivity contribution is 7.23. The Kier molecular flexibility index (Phi) is 4.46. The molecule has 8 heteroatoms. The molecular formula is C24H32N6S2. The van der Waals surface area contributed by atoms with E-state index >= 15 is 0 Å². The van der Waals surface area contributed by atoms with Crippen LogP contribution in [0.1, 0.15) is 55.1 Å². The maximum absolute atomic E-state index is 4.64. The summed E-state index contributed by atoms with van der Waals surface area (Å²) in [5.74, 6) is 2.12. The van der Waals surface area contributed by atoms with Crippen LogP contribution in [0.15, 0.2) is 36.7 Å². The molecule has 170 valence electrons. The maximum atomic E-state index is 4.64. The van der Waals surface area contributed by atoms with E-state index in [1.54, 1.807) is 0 Å². The number of fused-ring (bicyclic) bond motifs is 2. The van der Waals surface area contributed by atoms with Crippen molar-refractivity contribution < 1.29 is 5.71 Å². The molecule has 0 aliphatic carbocycles. The molecule has 0 saturated carbocycles. The second-order valence-electron chi connectivity index (χ2n) is 8.81. The topological polar surface area (TPSA) is 81.4 Å². The number of imidazole rings is 2. The zero-order valence-electron chi connectivity index (χ0n) is 17.6. The van der Waals surface area contributed by atoms with Crippen LogP contribution in [-0.4, -0.2) is 33.0 Å². The molecule has 0 unspecified atom stereocenters. The smallest absolute Gasteiger partial charge is 0.123 e. The lowest BCUT2D eigenvalue weighted by atomic mass is 10.2. The number of benzene rings is 1. The van der Waals surface area contributed by atoms with Crippen molar-refractivity contribution in [3.8, 4) is 21.1 Å². The molecule has 6 heterocycles. The van der Waals surface area contributed by atoms with Gasteiger partial charge in [-0.2, -0.15) is 0 Å². The lowest BCUT2D eigenvalue weighted by Crippen LogP contribution is -2.14. The highest BCUT2D eigenvalue weighted by Gasteiger charge is 2.21. The van der Waals surface area contributed by atoms with E-state index in [1.165, 1.54) is 42.8 Å². The van der Waals surface area contributed by atoms with Crippen LogP contribution in [0.2, 0.25) is 0 Å². The molecule has 32 heavy (non-hydrogen) atoms. The van der Waals surface area contributed by atoms with Gasteiger partial charge in [0.1, 0.15) is 11.6 Å². The van der Waals surface area contributed by atoms with Crippen LogP contribution in [0.5, 0.6) is 0 Å². The lowest BCUT2D eigenvalue weighted by molar-refractivity contribution is 0.613.